The average Bonchev–Trinajstić information content (AvgIpc) is 2.70. The van der Waals surface area contributed by atoms with E-state index >= 15 is 0 Å². The first kappa shape index (κ1) is 21.2. The Labute approximate surface area is 174 Å². The number of piperidine rings is 1. The molecule has 2 N–H and O–H groups in total. The molecular formula is C21H29BrFN3O2. The van der Waals surface area contributed by atoms with Crippen molar-refractivity contribution in [2.75, 3.05) is 18.4 Å². The third kappa shape index (κ3) is 5.54. The highest BCUT2D eigenvalue weighted by Crippen LogP contribution is 2.25. The van der Waals surface area contributed by atoms with Crippen molar-refractivity contribution >= 4 is 33.4 Å². The summed E-state index contributed by atoms with van der Waals surface area (Å²) < 4.78 is 14.6. The van der Waals surface area contributed by atoms with Crippen molar-refractivity contribution in [2.24, 2.45) is 5.92 Å². The Kier molecular flexibility index (Phi) is 7.46. The highest BCUT2D eigenvalue weighted by atomic mass is 79.9. The molecule has 0 radical (unpaired) electrons. The number of nitrogens with one attached hydrogen (secondary N) is 2. The number of carbonyl (C=O) groups excluding carboxylic acids is 2. The van der Waals surface area contributed by atoms with Gasteiger partial charge in [-0.25, -0.2) is 4.39 Å². The predicted octanol–water partition coefficient (Wildman–Crippen LogP) is 4.08. The molecule has 2 amide bonds. The van der Waals surface area contributed by atoms with Gasteiger partial charge >= 0.3 is 0 Å². The SMILES string of the molecule is CC(C(=O)Nc1ccc(Br)cc1F)N1CCC(NC(=O)C2CCCCC2)CC1. The fourth-order valence-electron chi connectivity index (χ4n) is 4.11. The number of benzene rings is 1. The first-order valence-electron chi connectivity index (χ1n) is 10.2. The summed E-state index contributed by atoms with van der Waals surface area (Å²) >= 11 is 3.21. The fraction of sp³-hybridized carbons (Fsp3) is 0.619. The molecule has 5 nitrogen and oxygen atoms in total. The fourth-order valence-corrected chi connectivity index (χ4v) is 4.44. The van der Waals surface area contributed by atoms with Gasteiger partial charge < -0.3 is 10.6 Å². The zero-order valence-corrected chi connectivity index (χ0v) is 17.9. The highest BCUT2D eigenvalue weighted by molar-refractivity contribution is 9.10. The van der Waals surface area contributed by atoms with Crippen molar-refractivity contribution in [1.82, 2.24) is 10.2 Å². The Morgan fingerprint density at radius 1 is 1.14 bits per heavy atom. The minimum atomic E-state index is -0.459. The van der Waals surface area contributed by atoms with Crippen molar-refractivity contribution in [3.8, 4) is 0 Å². The second-order valence-electron chi connectivity index (χ2n) is 7.94. The lowest BCUT2D eigenvalue weighted by atomic mass is 9.88. The van der Waals surface area contributed by atoms with E-state index in [1.807, 2.05) is 6.92 Å². The van der Waals surface area contributed by atoms with Gasteiger partial charge in [-0.1, -0.05) is 35.2 Å². The third-order valence-corrected chi connectivity index (χ3v) is 6.46. The van der Waals surface area contributed by atoms with Crippen molar-refractivity contribution in [2.45, 2.75) is 64.0 Å². The highest BCUT2D eigenvalue weighted by Gasteiger charge is 2.29. The number of amides is 2. The summed E-state index contributed by atoms with van der Waals surface area (Å²) in [6.07, 6.45) is 7.24. The minimum absolute atomic E-state index is 0.178. The van der Waals surface area contributed by atoms with Gasteiger partial charge in [-0.2, -0.15) is 0 Å². The number of rotatable bonds is 5. The molecule has 3 rings (SSSR count). The van der Waals surface area contributed by atoms with Crippen LogP contribution in [-0.4, -0.2) is 41.9 Å². The van der Waals surface area contributed by atoms with Crippen LogP contribution in [0.5, 0.6) is 0 Å². The van der Waals surface area contributed by atoms with Crippen LogP contribution < -0.4 is 10.6 Å². The number of hydrogen-bond donors (Lipinski definition) is 2. The zero-order valence-electron chi connectivity index (χ0n) is 16.3. The van der Waals surface area contributed by atoms with Crippen LogP contribution >= 0.6 is 15.9 Å². The van der Waals surface area contributed by atoms with Crippen LogP contribution in [0, 0.1) is 11.7 Å². The Bertz CT molecular complexity index is 701. The Hall–Kier alpha value is -1.47. The van der Waals surface area contributed by atoms with E-state index in [2.05, 4.69) is 31.5 Å². The second-order valence-corrected chi connectivity index (χ2v) is 8.86. The summed E-state index contributed by atoms with van der Waals surface area (Å²) in [4.78, 5) is 27.0. The maximum Gasteiger partial charge on any atom is 0.241 e. The van der Waals surface area contributed by atoms with Crippen LogP contribution in [0.15, 0.2) is 22.7 Å². The number of likely N-dealkylation sites (tertiary alicyclic amines) is 1. The van der Waals surface area contributed by atoms with Gasteiger partial charge in [0.15, 0.2) is 0 Å². The topological polar surface area (TPSA) is 61.4 Å². The Morgan fingerprint density at radius 3 is 2.46 bits per heavy atom. The molecule has 7 heteroatoms. The molecule has 1 aromatic rings. The molecule has 2 fully saturated rings. The number of anilines is 1. The third-order valence-electron chi connectivity index (χ3n) is 5.97. The summed E-state index contributed by atoms with van der Waals surface area (Å²) in [6.45, 7) is 3.33. The van der Waals surface area contributed by atoms with Gasteiger partial charge in [0, 0.05) is 29.5 Å². The van der Waals surface area contributed by atoms with Gasteiger partial charge in [0.05, 0.1) is 11.7 Å². The van der Waals surface area contributed by atoms with Crippen LogP contribution in [0.2, 0.25) is 0 Å². The number of carbonyl (C=O) groups is 2. The molecule has 0 spiro atoms. The number of halogens is 2. The largest absolute Gasteiger partial charge is 0.353 e. The van der Waals surface area contributed by atoms with Gasteiger partial charge in [-0.3, -0.25) is 14.5 Å². The Balaban J connectivity index is 1.45. The molecule has 0 aromatic heterocycles. The van der Waals surface area contributed by atoms with E-state index in [4.69, 9.17) is 0 Å². The van der Waals surface area contributed by atoms with Gasteiger partial charge in [-0.05, 0) is 50.8 Å². The van der Waals surface area contributed by atoms with E-state index < -0.39 is 5.82 Å². The normalized spacial score (nSPS) is 20.5. The van der Waals surface area contributed by atoms with E-state index in [0.717, 1.165) is 51.6 Å². The average molecular weight is 454 g/mol. The molecule has 1 heterocycles. The van der Waals surface area contributed by atoms with Crippen molar-refractivity contribution in [1.29, 1.82) is 0 Å². The second kappa shape index (κ2) is 9.83. The van der Waals surface area contributed by atoms with Crippen LogP contribution in [0.25, 0.3) is 0 Å². The maximum atomic E-state index is 13.9. The predicted molar refractivity (Wildman–Crippen MR) is 112 cm³/mol. The quantitative estimate of drug-likeness (QED) is 0.705. The maximum absolute atomic E-state index is 13.9. The van der Waals surface area contributed by atoms with E-state index in [-0.39, 0.29) is 35.5 Å². The molecule has 1 saturated carbocycles. The van der Waals surface area contributed by atoms with E-state index in [1.165, 1.54) is 12.5 Å². The smallest absolute Gasteiger partial charge is 0.241 e. The van der Waals surface area contributed by atoms with Crippen molar-refractivity contribution in [3.05, 3.63) is 28.5 Å². The van der Waals surface area contributed by atoms with Crippen molar-refractivity contribution in [3.63, 3.8) is 0 Å². The molecule has 154 valence electrons. The van der Waals surface area contributed by atoms with E-state index in [9.17, 15) is 14.0 Å². The minimum Gasteiger partial charge on any atom is -0.353 e. The first-order chi connectivity index (χ1) is 13.4. The first-order valence-corrected chi connectivity index (χ1v) is 11.0. The number of hydrogen-bond acceptors (Lipinski definition) is 3. The molecule has 1 unspecified atom stereocenters. The summed E-state index contributed by atoms with van der Waals surface area (Å²) in [5.74, 6) is -0.295. The van der Waals surface area contributed by atoms with Crippen LogP contribution in [0.1, 0.15) is 51.9 Å². The molecule has 28 heavy (non-hydrogen) atoms. The van der Waals surface area contributed by atoms with Crippen LogP contribution in [0.3, 0.4) is 0 Å². The van der Waals surface area contributed by atoms with Crippen LogP contribution in [0.4, 0.5) is 10.1 Å². The summed E-state index contributed by atoms with van der Waals surface area (Å²) in [5, 5.41) is 5.88. The lowest BCUT2D eigenvalue weighted by molar-refractivity contribution is -0.127. The van der Waals surface area contributed by atoms with Gasteiger partial charge in [0.2, 0.25) is 11.8 Å². The number of nitrogens with zero attached hydrogens (tertiary/aromatic N) is 1. The molecule has 1 atom stereocenters. The molecule has 2 aliphatic rings. The monoisotopic (exact) mass is 453 g/mol. The lowest BCUT2D eigenvalue weighted by Crippen LogP contribution is -2.51. The van der Waals surface area contributed by atoms with E-state index in [1.54, 1.807) is 12.1 Å². The summed E-state index contributed by atoms with van der Waals surface area (Å²) in [5.41, 5.74) is 0.190. The van der Waals surface area contributed by atoms with Gasteiger partial charge in [0.25, 0.3) is 0 Å². The molecule has 1 aliphatic carbocycles. The standard InChI is InChI=1S/C21H29BrFN3O2/c1-14(20(27)25-19-8-7-16(22)13-18(19)23)26-11-9-17(10-12-26)24-21(28)15-5-3-2-4-6-15/h7-8,13-15,17H,2-6,9-12H2,1H3,(H,24,28)(H,25,27). The van der Waals surface area contributed by atoms with E-state index in [0.29, 0.717) is 4.47 Å². The molecule has 1 aliphatic heterocycles. The molecule has 0 bridgehead atoms. The molecular weight excluding hydrogens is 425 g/mol. The van der Waals surface area contributed by atoms with Crippen molar-refractivity contribution < 1.29 is 14.0 Å². The zero-order chi connectivity index (χ0) is 20.1. The molecule has 1 aromatic carbocycles. The van der Waals surface area contributed by atoms with Gasteiger partial charge in [0.1, 0.15) is 5.82 Å². The summed E-state index contributed by atoms with van der Waals surface area (Å²) in [6, 6.07) is 4.42. The summed E-state index contributed by atoms with van der Waals surface area (Å²) in [7, 11) is 0. The van der Waals surface area contributed by atoms with Crippen LogP contribution in [-0.2, 0) is 9.59 Å². The van der Waals surface area contributed by atoms with Gasteiger partial charge in [-0.15, -0.1) is 0 Å². The molecule has 1 saturated heterocycles. The Morgan fingerprint density at radius 2 is 1.82 bits per heavy atom. The lowest BCUT2D eigenvalue weighted by Gasteiger charge is -2.36.